The van der Waals surface area contributed by atoms with Crippen molar-refractivity contribution in [2.75, 3.05) is 20.2 Å². The van der Waals surface area contributed by atoms with Crippen LogP contribution in [0.5, 0.6) is 5.75 Å². The molecule has 6 nitrogen and oxygen atoms in total. The van der Waals surface area contributed by atoms with Crippen LogP contribution in [0.3, 0.4) is 0 Å². The minimum absolute atomic E-state index is 0.0924. The smallest absolute Gasteiger partial charge is 0.222 e. The van der Waals surface area contributed by atoms with Gasteiger partial charge in [0.25, 0.3) is 0 Å². The first kappa shape index (κ1) is 18.4. The van der Waals surface area contributed by atoms with Crippen LogP contribution in [0.4, 0.5) is 4.39 Å². The Labute approximate surface area is 162 Å². The molecule has 1 saturated heterocycles. The number of hydrogen-bond acceptors (Lipinski definition) is 4. The highest BCUT2D eigenvalue weighted by Gasteiger charge is 2.27. The molecule has 0 spiro atoms. The number of methoxy groups -OCH3 is 1. The van der Waals surface area contributed by atoms with Crippen molar-refractivity contribution < 1.29 is 13.9 Å². The third-order valence-electron chi connectivity index (χ3n) is 5.32. The SMILES string of the molecule is COc1ccc(CCC(=O)N2CCCC(c3nnc4ccccn34)C2)cc1F. The average molecular weight is 382 g/mol. The van der Waals surface area contributed by atoms with Crippen LogP contribution in [0, 0.1) is 5.82 Å². The second-order valence-corrected chi connectivity index (χ2v) is 7.13. The summed E-state index contributed by atoms with van der Waals surface area (Å²) in [5.74, 6) is 0.993. The van der Waals surface area contributed by atoms with E-state index in [0.717, 1.165) is 36.4 Å². The lowest BCUT2D eigenvalue weighted by molar-refractivity contribution is -0.132. The van der Waals surface area contributed by atoms with Crippen molar-refractivity contribution in [3.8, 4) is 5.75 Å². The number of halogens is 1. The number of fused-ring (bicyclic) bond motifs is 1. The number of carbonyl (C=O) groups is 1. The topological polar surface area (TPSA) is 59.7 Å². The van der Waals surface area contributed by atoms with Gasteiger partial charge in [-0.25, -0.2) is 4.39 Å². The van der Waals surface area contributed by atoms with Crippen LogP contribution in [0.25, 0.3) is 5.65 Å². The summed E-state index contributed by atoms with van der Waals surface area (Å²) < 4.78 is 20.8. The second-order valence-electron chi connectivity index (χ2n) is 7.13. The minimum atomic E-state index is -0.399. The summed E-state index contributed by atoms with van der Waals surface area (Å²) in [5.41, 5.74) is 1.62. The Bertz CT molecular complexity index is 987. The van der Waals surface area contributed by atoms with E-state index in [2.05, 4.69) is 10.2 Å². The lowest BCUT2D eigenvalue weighted by Gasteiger charge is -2.32. The van der Waals surface area contributed by atoms with E-state index < -0.39 is 5.82 Å². The molecule has 3 aromatic rings. The minimum Gasteiger partial charge on any atom is -0.494 e. The molecule has 2 aromatic heterocycles. The Morgan fingerprint density at radius 1 is 1.29 bits per heavy atom. The lowest BCUT2D eigenvalue weighted by Crippen LogP contribution is -2.39. The molecule has 1 amide bonds. The standard InChI is InChI=1S/C21H23FN4O2/c1-28-18-9-7-15(13-17(18)22)8-10-20(27)25-11-4-5-16(14-25)21-24-23-19-6-2-3-12-26(19)21/h2-3,6-7,9,12-13,16H,4-5,8,10-11,14H2,1H3. The maximum Gasteiger partial charge on any atom is 0.222 e. The third kappa shape index (κ3) is 3.69. The van der Waals surface area contributed by atoms with Crippen LogP contribution >= 0.6 is 0 Å². The van der Waals surface area contributed by atoms with Crippen molar-refractivity contribution in [3.05, 3.63) is 59.8 Å². The molecule has 1 aliphatic rings. The van der Waals surface area contributed by atoms with Crippen molar-refractivity contribution in [2.45, 2.75) is 31.6 Å². The molecule has 7 heteroatoms. The van der Waals surface area contributed by atoms with Crippen molar-refractivity contribution >= 4 is 11.6 Å². The number of hydrogen-bond donors (Lipinski definition) is 0. The number of likely N-dealkylation sites (tertiary alicyclic amines) is 1. The summed E-state index contributed by atoms with van der Waals surface area (Å²) in [4.78, 5) is 14.6. The summed E-state index contributed by atoms with van der Waals surface area (Å²) in [6.45, 7) is 1.40. The van der Waals surface area contributed by atoms with Gasteiger partial charge >= 0.3 is 0 Å². The van der Waals surface area contributed by atoms with Gasteiger partial charge in [0.05, 0.1) is 7.11 Å². The molecule has 146 valence electrons. The predicted molar refractivity (Wildman–Crippen MR) is 103 cm³/mol. The number of ether oxygens (including phenoxy) is 1. The lowest BCUT2D eigenvalue weighted by atomic mass is 9.96. The van der Waals surface area contributed by atoms with Crippen LogP contribution in [0.2, 0.25) is 0 Å². The van der Waals surface area contributed by atoms with Gasteiger partial charge in [0.2, 0.25) is 5.91 Å². The van der Waals surface area contributed by atoms with Crippen molar-refractivity contribution in [1.29, 1.82) is 0 Å². The molecule has 0 radical (unpaired) electrons. The first-order valence-corrected chi connectivity index (χ1v) is 9.55. The molecule has 0 N–H and O–H groups in total. The molecule has 28 heavy (non-hydrogen) atoms. The number of amides is 1. The maximum absolute atomic E-state index is 13.8. The Hall–Kier alpha value is -2.96. The number of aryl methyl sites for hydroxylation is 1. The van der Waals surface area contributed by atoms with E-state index in [-0.39, 0.29) is 17.6 Å². The van der Waals surface area contributed by atoms with E-state index in [9.17, 15) is 9.18 Å². The fraction of sp³-hybridized carbons (Fsp3) is 0.381. The van der Waals surface area contributed by atoms with Gasteiger partial charge in [-0.1, -0.05) is 12.1 Å². The van der Waals surface area contributed by atoms with Gasteiger partial charge in [-0.3, -0.25) is 9.20 Å². The van der Waals surface area contributed by atoms with E-state index in [1.165, 1.54) is 13.2 Å². The Balaban J connectivity index is 1.40. The number of aromatic nitrogens is 3. The normalized spacial score (nSPS) is 17.1. The summed E-state index contributed by atoms with van der Waals surface area (Å²) >= 11 is 0. The van der Waals surface area contributed by atoms with E-state index >= 15 is 0 Å². The van der Waals surface area contributed by atoms with Crippen LogP contribution < -0.4 is 4.74 Å². The van der Waals surface area contributed by atoms with Gasteiger partial charge in [-0.2, -0.15) is 0 Å². The second kappa shape index (κ2) is 7.96. The molecule has 0 bridgehead atoms. The van der Waals surface area contributed by atoms with Crippen LogP contribution in [-0.4, -0.2) is 45.6 Å². The summed E-state index contributed by atoms with van der Waals surface area (Å²) in [7, 11) is 1.44. The largest absolute Gasteiger partial charge is 0.494 e. The number of carbonyl (C=O) groups excluding carboxylic acids is 1. The molecule has 4 rings (SSSR count). The molecular formula is C21H23FN4O2. The van der Waals surface area contributed by atoms with Gasteiger partial charge in [0.1, 0.15) is 5.82 Å². The highest BCUT2D eigenvalue weighted by Crippen LogP contribution is 2.27. The third-order valence-corrected chi connectivity index (χ3v) is 5.32. The Kier molecular flexibility index (Phi) is 5.23. The molecule has 0 saturated carbocycles. The number of nitrogens with zero attached hydrogens (tertiary/aromatic N) is 4. The molecule has 3 heterocycles. The van der Waals surface area contributed by atoms with E-state index in [1.807, 2.05) is 33.7 Å². The zero-order chi connectivity index (χ0) is 19.5. The van der Waals surface area contributed by atoms with Crippen LogP contribution in [0.15, 0.2) is 42.6 Å². The maximum atomic E-state index is 13.8. The van der Waals surface area contributed by atoms with E-state index in [0.29, 0.717) is 19.4 Å². The van der Waals surface area contributed by atoms with Crippen molar-refractivity contribution in [2.24, 2.45) is 0 Å². The first-order chi connectivity index (χ1) is 13.7. The number of piperidine rings is 1. The number of rotatable bonds is 5. The first-order valence-electron chi connectivity index (χ1n) is 9.55. The van der Waals surface area contributed by atoms with Gasteiger partial charge in [0, 0.05) is 31.6 Å². The van der Waals surface area contributed by atoms with Crippen molar-refractivity contribution in [3.63, 3.8) is 0 Å². The monoisotopic (exact) mass is 382 g/mol. The molecule has 1 unspecified atom stereocenters. The molecule has 1 aliphatic heterocycles. The Morgan fingerprint density at radius 2 is 2.18 bits per heavy atom. The highest BCUT2D eigenvalue weighted by molar-refractivity contribution is 5.76. The fourth-order valence-electron chi connectivity index (χ4n) is 3.83. The Morgan fingerprint density at radius 3 is 3.00 bits per heavy atom. The fourth-order valence-corrected chi connectivity index (χ4v) is 3.83. The van der Waals surface area contributed by atoms with Crippen LogP contribution in [-0.2, 0) is 11.2 Å². The van der Waals surface area contributed by atoms with Crippen LogP contribution in [0.1, 0.15) is 36.6 Å². The van der Waals surface area contributed by atoms with E-state index in [4.69, 9.17) is 4.74 Å². The highest BCUT2D eigenvalue weighted by atomic mass is 19.1. The summed E-state index contributed by atoms with van der Waals surface area (Å²) in [5, 5.41) is 8.58. The van der Waals surface area contributed by atoms with Gasteiger partial charge < -0.3 is 9.64 Å². The zero-order valence-electron chi connectivity index (χ0n) is 15.8. The molecule has 1 aromatic carbocycles. The summed E-state index contributed by atoms with van der Waals surface area (Å²) in [6.07, 6.45) is 4.76. The number of benzene rings is 1. The van der Waals surface area contributed by atoms with Gasteiger partial charge in [0.15, 0.2) is 17.2 Å². The van der Waals surface area contributed by atoms with Crippen molar-refractivity contribution in [1.82, 2.24) is 19.5 Å². The quantitative estimate of drug-likeness (QED) is 0.680. The zero-order valence-corrected chi connectivity index (χ0v) is 15.8. The molecule has 0 aliphatic carbocycles. The predicted octanol–water partition coefficient (Wildman–Crippen LogP) is 3.22. The molecule has 1 atom stereocenters. The average Bonchev–Trinajstić information content (AvgIpc) is 3.16. The molecule has 1 fully saturated rings. The summed E-state index contributed by atoms with van der Waals surface area (Å²) in [6, 6.07) is 10.7. The molecular weight excluding hydrogens is 359 g/mol. The van der Waals surface area contributed by atoms with Gasteiger partial charge in [-0.05, 0) is 49.1 Å². The number of pyridine rings is 1. The van der Waals surface area contributed by atoms with E-state index in [1.54, 1.807) is 12.1 Å². The van der Waals surface area contributed by atoms with Gasteiger partial charge in [-0.15, -0.1) is 10.2 Å².